The van der Waals surface area contributed by atoms with Crippen LogP contribution in [0.25, 0.3) is 22.0 Å². The van der Waals surface area contributed by atoms with E-state index in [1.165, 1.54) is 6.07 Å². The Morgan fingerprint density at radius 2 is 2.03 bits per heavy atom. The molecule has 0 bridgehead atoms. The minimum Gasteiger partial charge on any atom is -0.310 e. The monoisotopic (exact) mass is 431 g/mol. The first-order valence-corrected chi connectivity index (χ1v) is 10.7. The first kappa shape index (κ1) is 20.3. The van der Waals surface area contributed by atoms with E-state index in [1.807, 2.05) is 51.5 Å². The number of hydrogen-bond acceptors (Lipinski definition) is 4. The second kappa shape index (κ2) is 7.51. The lowest BCUT2D eigenvalue weighted by atomic mass is 10.0. The predicted molar refractivity (Wildman–Crippen MR) is 124 cm³/mol. The van der Waals surface area contributed by atoms with Gasteiger partial charge in [0.1, 0.15) is 11.6 Å². The summed E-state index contributed by atoms with van der Waals surface area (Å²) in [5, 5.41) is 8.90. The van der Waals surface area contributed by atoms with Gasteiger partial charge in [-0.3, -0.25) is 14.5 Å². The zero-order valence-electron chi connectivity index (χ0n) is 18.4. The molecule has 7 heteroatoms. The van der Waals surface area contributed by atoms with Gasteiger partial charge in [0.2, 0.25) is 5.91 Å². The maximum atomic E-state index is 14.5. The van der Waals surface area contributed by atoms with E-state index in [9.17, 15) is 9.18 Å². The summed E-state index contributed by atoms with van der Waals surface area (Å²) in [7, 11) is 1.87. The second-order valence-corrected chi connectivity index (χ2v) is 8.66. The van der Waals surface area contributed by atoms with E-state index in [4.69, 9.17) is 0 Å². The summed E-state index contributed by atoms with van der Waals surface area (Å²) in [6.07, 6.45) is 5.50. The molecule has 164 valence electrons. The van der Waals surface area contributed by atoms with Crippen LogP contribution < -0.4 is 5.32 Å². The fourth-order valence-electron chi connectivity index (χ4n) is 4.66. The molecule has 6 nitrogen and oxygen atoms in total. The number of carbonyl (C=O) groups excluding carboxylic acids is 1. The molecule has 3 atom stereocenters. The SMILES string of the molecule is Cc1cccc(F)c1-c1cc2cc(NC(=O)[C@H]3C(C)[C@@H]3c3cnn(C)c3)ncc2c(C)n1.[HH]. The summed E-state index contributed by atoms with van der Waals surface area (Å²) in [4.78, 5) is 21.9. The van der Waals surface area contributed by atoms with Crippen molar-refractivity contribution < 1.29 is 10.6 Å². The fourth-order valence-corrected chi connectivity index (χ4v) is 4.66. The number of fused-ring (bicyclic) bond motifs is 1. The maximum absolute atomic E-state index is 14.5. The molecular formula is C25H26FN5O. The van der Waals surface area contributed by atoms with Crippen LogP contribution in [-0.4, -0.2) is 25.7 Å². The van der Waals surface area contributed by atoms with Crippen molar-refractivity contribution in [3.8, 4) is 11.3 Å². The van der Waals surface area contributed by atoms with Crippen molar-refractivity contribution in [1.82, 2.24) is 19.7 Å². The Morgan fingerprint density at radius 3 is 2.75 bits per heavy atom. The zero-order valence-corrected chi connectivity index (χ0v) is 18.4. The van der Waals surface area contributed by atoms with Gasteiger partial charge in [-0.1, -0.05) is 19.1 Å². The highest BCUT2D eigenvalue weighted by molar-refractivity contribution is 5.97. The number of benzene rings is 1. The first-order chi connectivity index (χ1) is 15.3. The van der Waals surface area contributed by atoms with Gasteiger partial charge in [-0.05, 0) is 54.5 Å². The smallest absolute Gasteiger partial charge is 0.229 e. The third kappa shape index (κ3) is 3.43. The van der Waals surface area contributed by atoms with E-state index in [0.717, 1.165) is 27.6 Å². The molecule has 1 unspecified atom stereocenters. The van der Waals surface area contributed by atoms with Gasteiger partial charge in [-0.15, -0.1) is 0 Å². The van der Waals surface area contributed by atoms with Gasteiger partial charge in [0.15, 0.2) is 0 Å². The average Bonchev–Trinajstić information content (AvgIpc) is 3.22. The average molecular weight is 432 g/mol. The van der Waals surface area contributed by atoms with Gasteiger partial charge in [0.25, 0.3) is 0 Å². The molecule has 1 fully saturated rings. The third-order valence-corrected chi connectivity index (χ3v) is 6.43. The molecule has 5 rings (SSSR count). The Hall–Kier alpha value is -3.61. The highest BCUT2D eigenvalue weighted by Crippen LogP contribution is 2.54. The van der Waals surface area contributed by atoms with Crippen LogP contribution in [0.5, 0.6) is 0 Å². The molecule has 3 heterocycles. The van der Waals surface area contributed by atoms with Crippen LogP contribution in [0.3, 0.4) is 0 Å². The van der Waals surface area contributed by atoms with E-state index in [1.54, 1.807) is 16.9 Å². The van der Waals surface area contributed by atoms with E-state index >= 15 is 0 Å². The summed E-state index contributed by atoms with van der Waals surface area (Å²) >= 11 is 0. The van der Waals surface area contributed by atoms with Crippen LogP contribution in [0.4, 0.5) is 10.2 Å². The number of hydrogen-bond donors (Lipinski definition) is 1. The second-order valence-electron chi connectivity index (χ2n) is 8.66. The number of pyridine rings is 2. The Balaban J connectivity index is 0.00000259. The summed E-state index contributed by atoms with van der Waals surface area (Å²) in [6, 6.07) is 8.68. The van der Waals surface area contributed by atoms with Crippen molar-refractivity contribution in [1.29, 1.82) is 0 Å². The van der Waals surface area contributed by atoms with Gasteiger partial charge in [-0.2, -0.15) is 5.10 Å². The molecule has 0 saturated heterocycles. The molecule has 0 aliphatic heterocycles. The molecule has 4 aromatic rings. The minimum atomic E-state index is -0.303. The number of nitrogens with zero attached hydrogens (tertiary/aromatic N) is 4. The van der Waals surface area contributed by atoms with E-state index in [-0.39, 0.29) is 30.9 Å². The van der Waals surface area contributed by atoms with E-state index < -0.39 is 0 Å². The maximum Gasteiger partial charge on any atom is 0.229 e. The normalized spacial score (nSPS) is 19.8. The molecule has 1 aromatic carbocycles. The fraction of sp³-hybridized carbons (Fsp3) is 0.280. The number of amides is 1. The number of nitrogens with one attached hydrogen (secondary N) is 1. The van der Waals surface area contributed by atoms with Crippen LogP contribution in [0, 0.1) is 31.5 Å². The topological polar surface area (TPSA) is 72.7 Å². The molecule has 1 aliphatic carbocycles. The van der Waals surface area contributed by atoms with Crippen molar-refractivity contribution in [2.75, 3.05) is 5.32 Å². The first-order valence-electron chi connectivity index (χ1n) is 10.7. The zero-order chi connectivity index (χ0) is 22.6. The Kier molecular flexibility index (Phi) is 4.77. The van der Waals surface area contributed by atoms with Crippen molar-refractivity contribution in [3.63, 3.8) is 0 Å². The number of aromatic nitrogens is 4. The number of aryl methyl sites for hydroxylation is 3. The number of halogens is 1. The van der Waals surface area contributed by atoms with Crippen molar-refractivity contribution in [2.45, 2.75) is 26.7 Å². The van der Waals surface area contributed by atoms with Crippen LogP contribution >= 0.6 is 0 Å². The highest BCUT2D eigenvalue weighted by Gasteiger charge is 2.52. The van der Waals surface area contributed by atoms with Crippen molar-refractivity contribution in [3.05, 3.63) is 71.6 Å². The Morgan fingerprint density at radius 1 is 1.22 bits per heavy atom. The van der Waals surface area contributed by atoms with Gasteiger partial charge in [0, 0.05) is 49.3 Å². The largest absolute Gasteiger partial charge is 0.310 e. The quantitative estimate of drug-likeness (QED) is 0.492. The van der Waals surface area contributed by atoms with Gasteiger partial charge in [-0.25, -0.2) is 9.37 Å². The third-order valence-electron chi connectivity index (χ3n) is 6.43. The summed E-state index contributed by atoms with van der Waals surface area (Å²) in [5.74, 6) is 0.450. The van der Waals surface area contributed by atoms with Crippen LogP contribution in [-0.2, 0) is 11.8 Å². The Bertz CT molecular complexity index is 1350. The van der Waals surface area contributed by atoms with Gasteiger partial charge in [0.05, 0.1) is 11.9 Å². The molecule has 1 amide bonds. The minimum absolute atomic E-state index is 0. The van der Waals surface area contributed by atoms with E-state index in [2.05, 4.69) is 27.3 Å². The van der Waals surface area contributed by atoms with Gasteiger partial charge < -0.3 is 5.32 Å². The highest BCUT2D eigenvalue weighted by atomic mass is 19.1. The molecule has 0 spiro atoms. The van der Waals surface area contributed by atoms with Crippen molar-refractivity contribution >= 4 is 22.5 Å². The number of rotatable bonds is 4. The lowest BCUT2D eigenvalue weighted by Crippen LogP contribution is -2.16. The number of anilines is 1. The van der Waals surface area contributed by atoms with E-state index in [0.29, 0.717) is 17.1 Å². The molecule has 3 aromatic heterocycles. The molecule has 1 N–H and O–H groups in total. The molecule has 1 aliphatic rings. The van der Waals surface area contributed by atoms with Crippen molar-refractivity contribution in [2.24, 2.45) is 18.9 Å². The molecule has 1 saturated carbocycles. The predicted octanol–water partition coefficient (Wildman–Crippen LogP) is 5.02. The summed E-state index contributed by atoms with van der Waals surface area (Å²) in [6.45, 7) is 5.83. The molecule has 0 radical (unpaired) electrons. The van der Waals surface area contributed by atoms with Crippen LogP contribution in [0.1, 0.15) is 31.1 Å². The lowest BCUT2D eigenvalue weighted by molar-refractivity contribution is -0.117. The molecular weight excluding hydrogens is 405 g/mol. The number of carbonyl (C=O) groups is 1. The van der Waals surface area contributed by atoms with Gasteiger partial charge >= 0.3 is 0 Å². The Labute approximate surface area is 187 Å². The summed E-state index contributed by atoms with van der Waals surface area (Å²) in [5.41, 5.74) is 3.73. The van der Waals surface area contributed by atoms with Crippen LogP contribution in [0.2, 0.25) is 0 Å². The van der Waals surface area contributed by atoms with Crippen LogP contribution in [0.15, 0.2) is 48.9 Å². The molecule has 32 heavy (non-hydrogen) atoms. The lowest BCUT2D eigenvalue weighted by Gasteiger charge is -2.11. The standard InChI is InChI=1S/C25H24FN5O.H2/c1-13-6-5-7-19(26)22(13)20-8-16-9-21(27-11-18(16)15(3)29-20)30-25(32)24-14(2)23(24)17-10-28-31(4)12-17;/h5-12,14,23-24H,1-4H3,(H,27,30,32);1H/t14?,23-,24+;/m1./s1. The summed E-state index contributed by atoms with van der Waals surface area (Å²) < 4.78 is 16.3.